The third kappa shape index (κ3) is 4.05. The van der Waals surface area contributed by atoms with E-state index < -0.39 is 0 Å². The van der Waals surface area contributed by atoms with E-state index in [4.69, 9.17) is 10.9 Å². The van der Waals surface area contributed by atoms with E-state index in [1.165, 1.54) is 19.4 Å². The fourth-order valence-corrected chi connectivity index (χ4v) is 1.97. The minimum absolute atomic E-state index is 0.0535. The Bertz CT molecular complexity index is 219. The highest BCUT2D eigenvalue weighted by Gasteiger charge is 2.18. The number of nitrogens with two attached hydrogens (primary N) is 1. The molecular formula is C10H22N4O. The van der Waals surface area contributed by atoms with Crippen molar-refractivity contribution in [2.75, 3.05) is 26.7 Å². The molecule has 0 aromatic heterocycles. The van der Waals surface area contributed by atoms with Crippen LogP contribution >= 0.6 is 0 Å². The molecule has 5 heteroatoms. The van der Waals surface area contributed by atoms with Crippen LogP contribution < -0.4 is 11.1 Å². The monoisotopic (exact) mass is 214 g/mol. The largest absolute Gasteiger partial charge is 0.409 e. The van der Waals surface area contributed by atoms with Crippen molar-refractivity contribution in [3.05, 3.63) is 0 Å². The molecule has 0 bridgehead atoms. The van der Waals surface area contributed by atoms with Gasteiger partial charge in [0.1, 0.15) is 0 Å². The van der Waals surface area contributed by atoms with Gasteiger partial charge in [-0.1, -0.05) is 5.16 Å². The van der Waals surface area contributed by atoms with Gasteiger partial charge in [0.05, 0.1) is 6.04 Å². The predicted octanol–water partition coefficient (Wildman–Crippen LogP) is 0.0527. The van der Waals surface area contributed by atoms with Crippen LogP contribution in [0.25, 0.3) is 0 Å². The van der Waals surface area contributed by atoms with Gasteiger partial charge in [-0.3, -0.25) is 0 Å². The Morgan fingerprint density at radius 3 is 3.07 bits per heavy atom. The molecule has 15 heavy (non-hydrogen) atoms. The van der Waals surface area contributed by atoms with Crippen LogP contribution in [0.1, 0.15) is 19.8 Å². The topological polar surface area (TPSA) is 73.9 Å². The van der Waals surface area contributed by atoms with E-state index >= 15 is 0 Å². The zero-order chi connectivity index (χ0) is 11.3. The number of amidine groups is 1. The van der Waals surface area contributed by atoms with Gasteiger partial charge in [0.15, 0.2) is 5.84 Å². The number of nitrogens with one attached hydrogen (secondary N) is 1. The van der Waals surface area contributed by atoms with Gasteiger partial charge in [-0.2, -0.15) is 0 Å². The van der Waals surface area contributed by atoms with Crippen LogP contribution in [0.5, 0.6) is 0 Å². The Hall–Kier alpha value is -0.810. The fourth-order valence-electron chi connectivity index (χ4n) is 1.97. The molecule has 5 nitrogen and oxygen atoms in total. The second-order valence-electron chi connectivity index (χ2n) is 4.43. The van der Waals surface area contributed by atoms with Crippen LogP contribution in [0.15, 0.2) is 5.16 Å². The summed E-state index contributed by atoms with van der Waals surface area (Å²) in [5, 5.41) is 14.8. The summed E-state index contributed by atoms with van der Waals surface area (Å²) in [7, 11) is 2.15. The van der Waals surface area contributed by atoms with Gasteiger partial charge in [0, 0.05) is 6.54 Å². The quantitative estimate of drug-likeness (QED) is 0.268. The molecule has 1 aliphatic heterocycles. The lowest BCUT2D eigenvalue weighted by Gasteiger charge is -2.30. The third-order valence-electron chi connectivity index (χ3n) is 2.99. The number of likely N-dealkylation sites (tertiary alicyclic amines) is 1. The lowest BCUT2D eigenvalue weighted by atomic mass is 9.98. The average molecular weight is 214 g/mol. The molecule has 0 aromatic carbocycles. The second kappa shape index (κ2) is 5.92. The average Bonchev–Trinajstić information content (AvgIpc) is 2.25. The molecule has 1 rings (SSSR count). The summed E-state index contributed by atoms with van der Waals surface area (Å²) in [5.74, 6) is 0.928. The van der Waals surface area contributed by atoms with Gasteiger partial charge < -0.3 is 21.2 Å². The van der Waals surface area contributed by atoms with Gasteiger partial charge in [-0.15, -0.1) is 0 Å². The van der Waals surface area contributed by atoms with Gasteiger partial charge in [0.2, 0.25) is 0 Å². The Labute approximate surface area is 91.3 Å². The minimum Gasteiger partial charge on any atom is -0.409 e. The summed E-state index contributed by atoms with van der Waals surface area (Å²) < 4.78 is 0. The molecule has 1 heterocycles. The van der Waals surface area contributed by atoms with Crippen molar-refractivity contribution in [1.29, 1.82) is 0 Å². The van der Waals surface area contributed by atoms with E-state index in [-0.39, 0.29) is 11.9 Å². The van der Waals surface area contributed by atoms with E-state index in [0.29, 0.717) is 5.92 Å². The molecule has 2 unspecified atom stereocenters. The van der Waals surface area contributed by atoms with Crippen molar-refractivity contribution in [2.24, 2.45) is 16.8 Å². The number of hydrogen-bond donors (Lipinski definition) is 3. The molecule has 0 aromatic rings. The van der Waals surface area contributed by atoms with Crippen LogP contribution in [-0.2, 0) is 0 Å². The molecule has 1 aliphatic rings. The van der Waals surface area contributed by atoms with E-state index in [1.54, 1.807) is 0 Å². The van der Waals surface area contributed by atoms with Gasteiger partial charge >= 0.3 is 0 Å². The molecule has 1 fully saturated rings. The summed E-state index contributed by atoms with van der Waals surface area (Å²) in [4.78, 5) is 2.35. The Balaban J connectivity index is 2.24. The number of rotatable bonds is 4. The summed E-state index contributed by atoms with van der Waals surface area (Å²) in [6, 6.07) is -0.0535. The van der Waals surface area contributed by atoms with Crippen LogP contribution in [0.2, 0.25) is 0 Å². The Morgan fingerprint density at radius 2 is 2.47 bits per heavy atom. The van der Waals surface area contributed by atoms with Crippen molar-refractivity contribution < 1.29 is 5.21 Å². The highest BCUT2D eigenvalue weighted by molar-refractivity contribution is 5.84. The maximum atomic E-state index is 8.50. The second-order valence-corrected chi connectivity index (χ2v) is 4.43. The van der Waals surface area contributed by atoms with E-state index in [9.17, 15) is 0 Å². The van der Waals surface area contributed by atoms with Crippen LogP contribution in [0.3, 0.4) is 0 Å². The standard InChI is InChI=1S/C10H22N4O/c1-8(10(11)13-15)12-6-9-4-3-5-14(2)7-9/h8-9,12,15H,3-7H2,1-2H3,(H2,11,13). The smallest absolute Gasteiger partial charge is 0.156 e. The fraction of sp³-hybridized carbons (Fsp3) is 0.900. The number of nitrogens with zero attached hydrogens (tertiary/aromatic N) is 2. The number of oxime groups is 1. The first-order valence-electron chi connectivity index (χ1n) is 5.52. The van der Waals surface area contributed by atoms with Crippen molar-refractivity contribution in [1.82, 2.24) is 10.2 Å². The summed E-state index contributed by atoms with van der Waals surface area (Å²) in [6.45, 7) is 5.17. The highest BCUT2D eigenvalue weighted by atomic mass is 16.4. The zero-order valence-electron chi connectivity index (χ0n) is 9.61. The van der Waals surface area contributed by atoms with Crippen LogP contribution in [0.4, 0.5) is 0 Å². The van der Waals surface area contributed by atoms with Crippen molar-refractivity contribution in [2.45, 2.75) is 25.8 Å². The van der Waals surface area contributed by atoms with Crippen molar-refractivity contribution >= 4 is 5.84 Å². The van der Waals surface area contributed by atoms with E-state index in [0.717, 1.165) is 13.1 Å². The molecule has 4 N–H and O–H groups in total. The molecule has 0 amide bonds. The molecule has 0 radical (unpaired) electrons. The molecule has 1 saturated heterocycles. The normalized spacial score (nSPS) is 26.5. The van der Waals surface area contributed by atoms with Crippen LogP contribution in [-0.4, -0.2) is 48.7 Å². The first-order valence-corrected chi connectivity index (χ1v) is 5.52. The van der Waals surface area contributed by atoms with Gasteiger partial charge in [0.25, 0.3) is 0 Å². The predicted molar refractivity (Wildman–Crippen MR) is 61.1 cm³/mol. The molecule has 0 spiro atoms. The maximum Gasteiger partial charge on any atom is 0.156 e. The Kier molecular flexibility index (Phi) is 4.84. The lowest BCUT2D eigenvalue weighted by molar-refractivity contribution is 0.205. The minimum atomic E-state index is -0.0535. The molecular weight excluding hydrogens is 192 g/mol. The number of piperidine rings is 1. The van der Waals surface area contributed by atoms with E-state index in [1.807, 2.05) is 6.92 Å². The summed E-state index contributed by atoms with van der Waals surface area (Å²) in [5.41, 5.74) is 5.49. The molecule has 88 valence electrons. The van der Waals surface area contributed by atoms with Gasteiger partial charge in [-0.05, 0) is 45.8 Å². The molecule has 0 aliphatic carbocycles. The first-order chi connectivity index (χ1) is 7.13. The van der Waals surface area contributed by atoms with Gasteiger partial charge in [-0.25, -0.2) is 0 Å². The number of hydrogen-bond acceptors (Lipinski definition) is 4. The van der Waals surface area contributed by atoms with Crippen molar-refractivity contribution in [3.63, 3.8) is 0 Å². The van der Waals surface area contributed by atoms with Crippen molar-refractivity contribution in [3.8, 4) is 0 Å². The third-order valence-corrected chi connectivity index (χ3v) is 2.99. The first kappa shape index (κ1) is 12.3. The van der Waals surface area contributed by atoms with E-state index in [2.05, 4.69) is 22.4 Å². The molecule has 2 atom stereocenters. The maximum absolute atomic E-state index is 8.50. The SMILES string of the molecule is CC(NCC1CCCN(C)C1)C(N)=NO. The van der Waals surface area contributed by atoms with Crippen LogP contribution in [0, 0.1) is 5.92 Å². The summed E-state index contributed by atoms with van der Waals surface area (Å²) >= 11 is 0. The molecule has 0 saturated carbocycles. The zero-order valence-corrected chi connectivity index (χ0v) is 9.61. The lowest BCUT2D eigenvalue weighted by Crippen LogP contribution is -2.44. The Morgan fingerprint density at radius 1 is 1.73 bits per heavy atom. The highest BCUT2D eigenvalue weighted by Crippen LogP contribution is 2.13. The summed E-state index contributed by atoms with van der Waals surface area (Å²) in [6.07, 6.45) is 2.53.